The average molecular weight is 329 g/mol. The van der Waals surface area contributed by atoms with E-state index in [-0.39, 0.29) is 6.04 Å². The molecule has 0 radical (unpaired) electrons. The number of para-hydroxylation sites is 1. The molecule has 1 aliphatic carbocycles. The van der Waals surface area contributed by atoms with Crippen molar-refractivity contribution in [1.29, 1.82) is 0 Å². The van der Waals surface area contributed by atoms with Gasteiger partial charge in [-0.25, -0.2) is 13.1 Å². The second-order valence-corrected chi connectivity index (χ2v) is 8.23. The summed E-state index contributed by atoms with van der Waals surface area (Å²) in [5.41, 5.74) is 0.686. The van der Waals surface area contributed by atoms with Crippen LogP contribution in [0, 0.1) is 0 Å². The van der Waals surface area contributed by atoms with Gasteiger partial charge in [0.05, 0.1) is 5.69 Å². The number of hydrogen-bond acceptors (Lipinski definition) is 4. The summed E-state index contributed by atoms with van der Waals surface area (Å²) in [7, 11) is -3.46. The van der Waals surface area contributed by atoms with Crippen LogP contribution in [0.2, 0.25) is 0 Å². The largest absolute Gasteiger partial charge is 0.384 e. The Hall–Kier alpha value is -0.720. The van der Waals surface area contributed by atoms with Gasteiger partial charge in [-0.1, -0.05) is 19.1 Å². The van der Waals surface area contributed by atoms with Crippen molar-refractivity contribution in [3.63, 3.8) is 0 Å². The summed E-state index contributed by atoms with van der Waals surface area (Å²) in [6, 6.07) is 7.18. The summed E-state index contributed by atoms with van der Waals surface area (Å²) in [5.74, 6) is 0. The molecule has 0 saturated heterocycles. The summed E-state index contributed by atoms with van der Waals surface area (Å²) in [5, 5.41) is 3.77. The quantitative estimate of drug-likeness (QED) is 0.807. The predicted molar refractivity (Wildman–Crippen MR) is 90.5 cm³/mol. The van der Waals surface area contributed by atoms with Crippen molar-refractivity contribution in [2.75, 3.05) is 18.1 Å². The van der Waals surface area contributed by atoms with E-state index in [0.29, 0.717) is 15.8 Å². The Morgan fingerprint density at radius 1 is 1.29 bits per heavy atom. The molecule has 0 spiro atoms. The predicted octanol–water partition coefficient (Wildman–Crippen LogP) is 3.07. The lowest BCUT2D eigenvalue weighted by molar-refractivity contribution is 0.553. The van der Waals surface area contributed by atoms with Gasteiger partial charge >= 0.3 is 0 Å². The molecule has 1 aromatic carbocycles. The van der Waals surface area contributed by atoms with Gasteiger partial charge in [-0.05, 0) is 44.1 Å². The molecule has 0 aromatic heterocycles. The van der Waals surface area contributed by atoms with Gasteiger partial charge in [0.25, 0.3) is 0 Å². The molecule has 21 heavy (non-hydrogen) atoms. The zero-order valence-electron chi connectivity index (χ0n) is 12.6. The van der Waals surface area contributed by atoms with Gasteiger partial charge in [-0.3, -0.25) is 0 Å². The molecule has 2 N–H and O–H groups in total. The van der Waals surface area contributed by atoms with Gasteiger partial charge in [0.1, 0.15) is 4.90 Å². The van der Waals surface area contributed by atoms with Crippen LogP contribution in [0.15, 0.2) is 29.2 Å². The standard InChI is InChI=1S/C15H24N2O2S2/c1-3-10-16-14-6-4-5-7-15(14)21(18,19)17-12-8-9-13(11-12)20-2/h4-7,12-13,16-17H,3,8-11H2,1-2H3. The van der Waals surface area contributed by atoms with Crippen LogP contribution in [0.5, 0.6) is 0 Å². The van der Waals surface area contributed by atoms with E-state index in [1.54, 1.807) is 12.1 Å². The van der Waals surface area contributed by atoms with Crippen molar-refractivity contribution >= 4 is 27.5 Å². The van der Waals surface area contributed by atoms with Gasteiger partial charge in [0, 0.05) is 17.8 Å². The van der Waals surface area contributed by atoms with Crippen LogP contribution < -0.4 is 10.0 Å². The van der Waals surface area contributed by atoms with E-state index >= 15 is 0 Å². The summed E-state index contributed by atoms with van der Waals surface area (Å²) < 4.78 is 28.1. The maximum atomic E-state index is 12.6. The number of benzene rings is 1. The van der Waals surface area contributed by atoms with E-state index in [0.717, 1.165) is 32.2 Å². The van der Waals surface area contributed by atoms with Crippen LogP contribution in [-0.2, 0) is 10.0 Å². The molecule has 4 nitrogen and oxygen atoms in total. The van der Waals surface area contributed by atoms with Crippen LogP contribution in [0.3, 0.4) is 0 Å². The number of nitrogens with one attached hydrogen (secondary N) is 2. The normalized spacial score (nSPS) is 22.4. The molecular weight excluding hydrogens is 304 g/mol. The van der Waals surface area contributed by atoms with Crippen molar-refractivity contribution in [2.45, 2.75) is 48.8 Å². The monoisotopic (exact) mass is 328 g/mol. The van der Waals surface area contributed by atoms with Crippen LogP contribution in [-0.4, -0.2) is 32.5 Å². The van der Waals surface area contributed by atoms with E-state index in [4.69, 9.17) is 0 Å². The molecule has 2 unspecified atom stereocenters. The van der Waals surface area contributed by atoms with E-state index in [2.05, 4.69) is 23.2 Å². The molecule has 1 fully saturated rings. The Labute approximate surface area is 132 Å². The van der Waals surface area contributed by atoms with Crippen LogP contribution in [0.1, 0.15) is 32.6 Å². The Bertz CT molecular complexity index is 561. The first-order valence-corrected chi connectivity index (χ1v) is 10.2. The van der Waals surface area contributed by atoms with Gasteiger partial charge in [0.2, 0.25) is 10.0 Å². The highest BCUT2D eigenvalue weighted by Crippen LogP contribution is 2.30. The third-order valence-corrected chi connectivity index (χ3v) is 6.46. The number of rotatable bonds is 7. The molecule has 0 aliphatic heterocycles. The molecule has 0 heterocycles. The summed E-state index contributed by atoms with van der Waals surface area (Å²) in [6.45, 7) is 2.83. The van der Waals surface area contributed by atoms with E-state index in [9.17, 15) is 8.42 Å². The molecule has 1 saturated carbocycles. The number of sulfonamides is 1. The highest BCUT2D eigenvalue weighted by atomic mass is 32.2. The fraction of sp³-hybridized carbons (Fsp3) is 0.600. The molecule has 118 valence electrons. The van der Waals surface area contributed by atoms with E-state index in [1.165, 1.54) is 0 Å². The lowest BCUT2D eigenvalue weighted by Crippen LogP contribution is -2.33. The van der Waals surface area contributed by atoms with Gasteiger partial charge in [0.15, 0.2) is 0 Å². The summed E-state index contributed by atoms with van der Waals surface area (Å²) in [6.07, 6.45) is 5.98. The Kier molecular flexibility index (Phi) is 5.96. The second kappa shape index (κ2) is 7.51. The zero-order chi connectivity index (χ0) is 15.3. The van der Waals surface area contributed by atoms with Crippen molar-refractivity contribution in [1.82, 2.24) is 4.72 Å². The van der Waals surface area contributed by atoms with Crippen LogP contribution >= 0.6 is 11.8 Å². The molecule has 6 heteroatoms. The highest BCUT2D eigenvalue weighted by molar-refractivity contribution is 7.99. The molecular formula is C15H24N2O2S2. The van der Waals surface area contributed by atoms with E-state index < -0.39 is 10.0 Å². The smallest absolute Gasteiger partial charge is 0.242 e. The van der Waals surface area contributed by atoms with Crippen molar-refractivity contribution < 1.29 is 8.42 Å². The first-order chi connectivity index (χ1) is 10.1. The topological polar surface area (TPSA) is 58.2 Å². The van der Waals surface area contributed by atoms with Crippen molar-refractivity contribution in [3.8, 4) is 0 Å². The second-order valence-electron chi connectivity index (χ2n) is 5.41. The van der Waals surface area contributed by atoms with Crippen molar-refractivity contribution in [2.24, 2.45) is 0 Å². The highest BCUT2D eigenvalue weighted by Gasteiger charge is 2.29. The van der Waals surface area contributed by atoms with Gasteiger partial charge in [-0.2, -0.15) is 11.8 Å². The molecule has 0 bridgehead atoms. The minimum atomic E-state index is -3.46. The maximum absolute atomic E-state index is 12.6. The Balaban J connectivity index is 2.12. The average Bonchev–Trinajstić information content (AvgIpc) is 2.92. The maximum Gasteiger partial charge on any atom is 0.242 e. The van der Waals surface area contributed by atoms with Gasteiger partial charge < -0.3 is 5.32 Å². The fourth-order valence-electron chi connectivity index (χ4n) is 2.65. The number of hydrogen-bond donors (Lipinski definition) is 2. The Morgan fingerprint density at radius 2 is 2.05 bits per heavy atom. The van der Waals surface area contributed by atoms with Crippen LogP contribution in [0.25, 0.3) is 0 Å². The molecule has 2 rings (SSSR count). The Morgan fingerprint density at radius 3 is 2.71 bits per heavy atom. The molecule has 2 atom stereocenters. The third-order valence-electron chi connectivity index (χ3n) is 3.78. The third kappa shape index (κ3) is 4.37. The van der Waals surface area contributed by atoms with E-state index in [1.807, 2.05) is 23.9 Å². The minimum absolute atomic E-state index is 0.0617. The lowest BCUT2D eigenvalue weighted by Gasteiger charge is -2.16. The fourth-order valence-corrected chi connectivity index (χ4v) is 4.91. The first kappa shape index (κ1) is 16.6. The molecule has 1 aromatic rings. The number of anilines is 1. The van der Waals surface area contributed by atoms with Crippen molar-refractivity contribution in [3.05, 3.63) is 24.3 Å². The summed E-state index contributed by atoms with van der Waals surface area (Å²) in [4.78, 5) is 0.353. The lowest BCUT2D eigenvalue weighted by atomic mass is 10.3. The minimum Gasteiger partial charge on any atom is -0.384 e. The summed E-state index contributed by atoms with van der Waals surface area (Å²) >= 11 is 1.83. The molecule has 1 aliphatic rings. The first-order valence-electron chi connectivity index (χ1n) is 7.45. The number of thioether (sulfide) groups is 1. The molecule has 0 amide bonds. The SMILES string of the molecule is CCCNc1ccccc1S(=O)(=O)NC1CCC(SC)C1. The zero-order valence-corrected chi connectivity index (χ0v) is 14.3. The van der Waals surface area contributed by atoms with Gasteiger partial charge in [-0.15, -0.1) is 0 Å². The van der Waals surface area contributed by atoms with Crippen LogP contribution in [0.4, 0.5) is 5.69 Å².